The molecule has 2 aliphatic rings. The van der Waals surface area contributed by atoms with Crippen molar-refractivity contribution in [2.24, 2.45) is 5.92 Å². The first-order valence-electron chi connectivity index (χ1n) is 9.99. The Balaban J connectivity index is 1.79. The fourth-order valence-electron chi connectivity index (χ4n) is 3.44. The van der Waals surface area contributed by atoms with Crippen LogP contribution in [0, 0.1) is 11.3 Å². The average molecular weight is 425 g/mol. The summed E-state index contributed by atoms with van der Waals surface area (Å²) in [6.07, 6.45) is -0.248. The van der Waals surface area contributed by atoms with Crippen LogP contribution in [0.4, 0.5) is 13.2 Å². The Morgan fingerprint density at radius 1 is 1.20 bits per heavy atom. The second-order valence-corrected chi connectivity index (χ2v) is 8.42. The largest absolute Gasteiger partial charge is 0.484 e. The Morgan fingerprint density at radius 2 is 1.87 bits per heavy atom. The van der Waals surface area contributed by atoms with Crippen LogP contribution in [-0.4, -0.2) is 36.0 Å². The van der Waals surface area contributed by atoms with Crippen molar-refractivity contribution in [3.63, 3.8) is 0 Å². The minimum Gasteiger partial charge on any atom is -0.484 e. The predicted octanol–water partition coefficient (Wildman–Crippen LogP) is 3.91. The summed E-state index contributed by atoms with van der Waals surface area (Å²) in [6.45, 7) is 1.53. The first-order valence-corrected chi connectivity index (χ1v) is 9.99. The average Bonchev–Trinajstić information content (AvgIpc) is 3.53. The van der Waals surface area contributed by atoms with E-state index in [1.54, 1.807) is 19.1 Å². The molecule has 0 spiro atoms. The van der Waals surface area contributed by atoms with Crippen molar-refractivity contribution in [1.82, 2.24) is 10.6 Å². The molecule has 30 heavy (non-hydrogen) atoms. The lowest BCUT2D eigenvalue weighted by Crippen LogP contribution is -2.57. The van der Waals surface area contributed by atoms with Gasteiger partial charge in [0, 0.05) is 12.5 Å². The molecule has 0 aromatic heterocycles. The smallest absolute Gasteiger partial charge is 0.422 e. The van der Waals surface area contributed by atoms with Crippen molar-refractivity contribution in [2.75, 3.05) is 6.61 Å². The van der Waals surface area contributed by atoms with E-state index >= 15 is 0 Å². The normalized spacial score (nSPS) is 18.3. The monoisotopic (exact) mass is 425 g/mol. The van der Waals surface area contributed by atoms with Gasteiger partial charge in [0.2, 0.25) is 5.91 Å². The van der Waals surface area contributed by atoms with Crippen LogP contribution in [0.1, 0.15) is 67.8 Å². The standard InChI is InChI=1S/C21H26F3N3O3/c1-12(28)26-19(25)20(2,10-13-3-4-13)27-18(29)15-7-8-16(14-5-6-14)17(9-15)30-11-21(22,23)24/h7-9,13-14H,3-6,10-11H2,1-2H3,(H,27,29)(H2,25,26,28)/t20-/m0/s1. The zero-order valence-electron chi connectivity index (χ0n) is 17.0. The number of nitrogens with one attached hydrogen (secondary N) is 3. The third-order valence-electron chi connectivity index (χ3n) is 5.32. The van der Waals surface area contributed by atoms with Crippen molar-refractivity contribution < 1.29 is 27.5 Å². The lowest BCUT2D eigenvalue weighted by Gasteiger charge is -2.31. The van der Waals surface area contributed by atoms with E-state index in [1.165, 1.54) is 13.0 Å². The molecule has 0 saturated heterocycles. The molecule has 164 valence electrons. The van der Waals surface area contributed by atoms with Gasteiger partial charge in [0.15, 0.2) is 6.61 Å². The number of hydrogen-bond acceptors (Lipinski definition) is 4. The van der Waals surface area contributed by atoms with Gasteiger partial charge in [0.05, 0.1) is 5.54 Å². The molecule has 2 amide bonds. The van der Waals surface area contributed by atoms with Crippen molar-refractivity contribution in [3.05, 3.63) is 29.3 Å². The van der Waals surface area contributed by atoms with Gasteiger partial charge >= 0.3 is 6.18 Å². The molecule has 3 rings (SSSR count). The van der Waals surface area contributed by atoms with Gasteiger partial charge in [-0.1, -0.05) is 18.9 Å². The number of carbonyl (C=O) groups is 2. The first-order chi connectivity index (χ1) is 14.0. The quantitative estimate of drug-likeness (QED) is 0.436. The summed E-state index contributed by atoms with van der Waals surface area (Å²) in [6, 6.07) is 4.52. The fourth-order valence-corrected chi connectivity index (χ4v) is 3.44. The minimum absolute atomic E-state index is 0.0586. The summed E-state index contributed by atoms with van der Waals surface area (Å²) in [5.74, 6) is -0.493. The van der Waals surface area contributed by atoms with Crippen LogP contribution in [0.2, 0.25) is 0 Å². The maximum absolute atomic E-state index is 12.9. The highest BCUT2D eigenvalue weighted by atomic mass is 19.4. The third kappa shape index (κ3) is 5.96. The van der Waals surface area contributed by atoms with Gasteiger partial charge in [-0.25, -0.2) is 0 Å². The van der Waals surface area contributed by atoms with Gasteiger partial charge < -0.3 is 15.4 Å². The molecule has 1 aromatic carbocycles. The molecule has 1 atom stereocenters. The van der Waals surface area contributed by atoms with E-state index in [0.29, 0.717) is 17.9 Å². The van der Waals surface area contributed by atoms with Gasteiger partial charge in [-0.2, -0.15) is 13.2 Å². The van der Waals surface area contributed by atoms with Crippen LogP contribution in [0.3, 0.4) is 0 Å². The topological polar surface area (TPSA) is 91.3 Å². The van der Waals surface area contributed by atoms with E-state index in [0.717, 1.165) is 25.7 Å². The van der Waals surface area contributed by atoms with Crippen LogP contribution in [0.15, 0.2) is 18.2 Å². The molecule has 1 aromatic rings. The van der Waals surface area contributed by atoms with Crippen LogP contribution < -0.4 is 15.4 Å². The van der Waals surface area contributed by atoms with Gasteiger partial charge in [-0.05, 0) is 55.7 Å². The maximum Gasteiger partial charge on any atom is 0.422 e. The number of hydrogen-bond donors (Lipinski definition) is 3. The Labute approximate surface area is 173 Å². The summed E-state index contributed by atoms with van der Waals surface area (Å²) in [7, 11) is 0. The molecular weight excluding hydrogens is 399 g/mol. The number of amides is 2. The molecule has 0 aliphatic heterocycles. The molecular formula is C21H26F3N3O3. The Kier molecular flexibility index (Phi) is 6.10. The molecule has 2 fully saturated rings. The minimum atomic E-state index is -4.48. The molecule has 0 unspecified atom stereocenters. The lowest BCUT2D eigenvalue weighted by molar-refractivity contribution is -0.153. The zero-order valence-corrected chi connectivity index (χ0v) is 17.0. The van der Waals surface area contributed by atoms with Crippen LogP contribution >= 0.6 is 0 Å². The van der Waals surface area contributed by atoms with Gasteiger partial charge in [-0.3, -0.25) is 15.0 Å². The van der Waals surface area contributed by atoms with Crippen molar-refractivity contribution in [2.45, 2.75) is 63.6 Å². The highest BCUT2D eigenvalue weighted by Crippen LogP contribution is 2.45. The number of carbonyl (C=O) groups excluding carboxylic acids is 2. The molecule has 2 aliphatic carbocycles. The van der Waals surface area contributed by atoms with E-state index in [1.807, 2.05) is 0 Å². The van der Waals surface area contributed by atoms with E-state index in [-0.39, 0.29) is 23.1 Å². The number of alkyl halides is 3. The Morgan fingerprint density at radius 3 is 2.40 bits per heavy atom. The van der Waals surface area contributed by atoms with Crippen LogP contribution in [0.25, 0.3) is 0 Å². The summed E-state index contributed by atoms with van der Waals surface area (Å²) in [5.41, 5.74) is -0.275. The van der Waals surface area contributed by atoms with E-state index in [2.05, 4.69) is 10.6 Å². The van der Waals surface area contributed by atoms with Gasteiger partial charge in [0.25, 0.3) is 5.91 Å². The molecule has 0 radical (unpaired) electrons. The maximum atomic E-state index is 12.9. The summed E-state index contributed by atoms with van der Waals surface area (Å²) < 4.78 is 42.9. The second kappa shape index (κ2) is 8.28. The van der Waals surface area contributed by atoms with Crippen LogP contribution in [0.5, 0.6) is 5.75 Å². The molecule has 0 bridgehead atoms. The molecule has 9 heteroatoms. The van der Waals surface area contributed by atoms with Gasteiger partial charge in [0.1, 0.15) is 11.6 Å². The summed E-state index contributed by atoms with van der Waals surface area (Å²) in [4.78, 5) is 24.3. The van der Waals surface area contributed by atoms with Gasteiger partial charge in [-0.15, -0.1) is 0 Å². The van der Waals surface area contributed by atoms with E-state index in [9.17, 15) is 22.8 Å². The van der Waals surface area contributed by atoms with Crippen molar-refractivity contribution in [1.29, 1.82) is 5.41 Å². The first kappa shape index (κ1) is 22.1. The van der Waals surface area contributed by atoms with Crippen molar-refractivity contribution >= 4 is 17.6 Å². The summed E-state index contributed by atoms with van der Waals surface area (Å²) in [5, 5.41) is 13.5. The second-order valence-electron chi connectivity index (χ2n) is 8.42. The number of amidine groups is 1. The Hall–Kier alpha value is -2.58. The SMILES string of the molecule is CC(=O)NC(=N)[C@](C)(CC1CC1)NC(=O)c1ccc(C2CC2)c(OCC(F)(F)F)c1. The molecule has 3 N–H and O–H groups in total. The highest BCUT2D eigenvalue weighted by molar-refractivity contribution is 6.04. The molecule has 6 nitrogen and oxygen atoms in total. The lowest BCUT2D eigenvalue weighted by atomic mass is 9.92. The van der Waals surface area contributed by atoms with E-state index < -0.39 is 30.1 Å². The molecule has 2 saturated carbocycles. The molecule has 0 heterocycles. The number of halogens is 3. The van der Waals surface area contributed by atoms with E-state index in [4.69, 9.17) is 10.1 Å². The summed E-state index contributed by atoms with van der Waals surface area (Å²) >= 11 is 0. The highest BCUT2D eigenvalue weighted by Gasteiger charge is 2.39. The third-order valence-corrected chi connectivity index (χ3v) is 5.32. The predicted molar refractivity (Wildman–Crippen MR) is 105 cm³/mol. The number of rotatable bonds is 8. The number of ether oxygens (including phenoxy) is 1. The Bertz CT molecular complexity index is 848. The van der Waals surface area contributed by atoms with Crippen LogP contribution in [-0.2, 0) is 4.79 Å². The zero-order chi connectivity index (χ0) is 22.1. The van der Waals surface area contributed by atoms with Crippen molar-refractivity contribution in [3.8, 4) is 5.75 Å². The number of benzene rings is 1. The fraction of sp³-hybridized carbons (Fsp3) is 0.571.